The van der Waals surface area contributed by atoms with Gasteiger partial charge in [0.2, 0.25) is 11.4 Å². The van der Waals surface area contributed by atoms with Crippen LogP contribution in [0.15, 0.2) is 17.8 Å². The van der Waals surface area contributed by atoms with Crippen molar-refractivity contribution in [3.05, 3.63) is 28.4 Å². The molecule has 3 rings (SSSR count). The van der Waals surface area contributed by atoms with Gasteiger partial charge in [-0.05, 0) is 0 Å². The van der Waals surface area contributed by atoms with Gasteiger partial charge in [0.25, 0.3) is 0 Å². The summed E-state index contributed by atoms with van der Waals surface area (Å²) in [5.41, 5.74) is -0.621. The maximum absolute atomic E-state index is 13.3. The summed E-state index contributed by atoms with van der Waals surface area (Å²) < 4.78 is 16.7. The Morgan fingerprint density at radius 2 is 1.96 bits per heavy atom. The third-order valence-corrected chi connectivity index (χ3v) is 4.95. The first-order valence-corrected chi connectivity index (χ1v) is 7.89. The molecule has 1 spiro atoms. The Bertz CT molecular complexity index is 773. The second-order valence-electron chi connectivity index (χ2n) is 5.85. The summed E-state index contributed by atoms with van der Waals surface area (Å²) in [7, 11) is 4.59. The van der Waals surface area contributed by atoms with Gasteiger partial charge in [-0.1, -0.05) is 18.5 Å². The molecule has 0 saturated heterocycles. The largest absolute Gasteiger partial charge is 0.496 e. The van der Waals surface area contributed by atoms with Crippen molar-refractivity contribution in [1.82, 2.24) is 5.32 Å². The van der Waals surface area contributed by atoms with Crippen molar-refractivity contribution in [3.63, 3.8) is 0 Å². The van der Waals surface area contributed by atoms with Gasteiger partial charge in [-0.25, -0.2) is 0 Å². The lowest BCUT2D eigenvalue weighted by Gasteiger charge is -2.37. The number of carbonyl (C=O) groups excluding carboxylic acids is 2. The van der Waals surface area contributed by atoms with Crippen LogP contribution in [-0.4, -0.2) is 38.4 Å². The van der Waals surface area contributed by atoms with Crippen molar-refractivity contribution in [1.29, 1.82) is 0 Å². The molecule has 0 fully saturated rings. The number of ether oxygens (including phenoxy) is 3. The minimum Gasteiger partial charge on any atom is -0.496 e. The summed E-state index contributed by atoms with van der Waals surface area (Å²) in [5.74, 6) is 0.212. The van der Waals surface area contributed by atoms with E-state index < -0.39 is 5.60 Å². The molecule has 1 aliphatic carbocycles. The Morgan fingerprint density at radius 1 is 1.29 bits per heavy atom. The average molecular weight is 352 g/mol. The molecule has 1 aromatic rings. The Labute approximate surface area is 144 Å². The Hall–Kier alpha value is -2.21. The number of nitrogens with one attached hydrogen (secondary N) is 1. The fourth-order valence-corrected chi connectivity index (χ4v) is 3.66. The van der Waals surface area contributed by atoms with Crippen LogP contribution in [0.1, 0.15) is 23.7 Å². The molecule has 1 aromatic carbocycles. The first-order valence-electron chi connectivity index (χ1n) is 7.51. The number of likely N-dealkylation sites (N-methyl/N-ethyl adjacent to an activating group) is 1. The van der Waals surface area contributed by atoms with Crippen LogP contribution < -0.4 is 19.5 Å². The van der Waals surface area contributed by atoms with Crippen LogP contribution in [0.2, 0.25) is 5.02 Å². The van der Waals surface area contributed by atoms with Gasteiger partial charge in [0.15, 0.2) is 11.5 Å². The number of rotatable bonds is 3. The molecule has 2 atom stereocenters. The predicted molar refractivity (Wildman–Crippen MR) is 88.2 cm³/mol. The van der Waals surface area contributed by atoms with Gasteiger partial charge in [-0.15, -0.1) is 0 Å². The zero-order chi connectivity index (χ0) is 17.6. The van der Waals surface area contributed by atoms with Crippen LogP contribution in [-0.2, 0) is 4.79 Å². The summed E-state index contributed by atoms with van der Waals surface area (Å²) in [6, 6.07) is 1.56. The molecule has 0 saturated carbocycles. The third-order valence-electron chi connectivity index (χ3n) is 4.59. The van der Waals surface area contributed by atoms with Crippen molar-refractivity contribution in [2.24, 2.45) is 5.92 Å². The van der Waals surface area contributed by atoms with Gasteiger partial charge in [-0.2, -0.15) is 0 Å². The van der Waals surface area contributed by atoms with Gasteiger partial charge in [0.05, 0.1) is 19.9 Å². The molecule has 1 heterocycles. The van der Waals surface area contributed by atoms with E-state index in [0.717, 1.165) is 0 Å². The van der Waals surface area contributed by atoms with Gasteiger partial charge in [0.1, 0.15) is 22.1 Å². The lowest BCUT2D eigenvalue weighted by Crippen LogP contribution is -2.54. The van der Waals surface area contributed by atoms with Crippen molar-refractivity contribution < 1.29 is 23.8 Å². The SMILES string of the molecule is CNC1=CC(=O)C[C@@H](C)[C@]12Oc1c(Cl)c(OC)cc(OC)c1C2=O. The van der Waals surface area contributed by atoms with Crippen LogP contribution in [0.3, 0.4) is 0 Å². The van der Waals surface area contributed by atoms with Crippen LogP contribution >= 0.6 is 11.6 Å². The number of benzene rings is 1. The molecular weight excluding hydrogens is 334 g/mol. The minimum absolute atomic E-state index is 0.0551. The summed E-state index contributed by atoms with van der Waals surface area (Å²) in [4.78, 5) is 25.2. The number of allylic oxidation sites excluding steroid dienone is 1. The van der Waals surface area contributed by atoms with E-state index in [-0.39, 0.29) is 40.2 Å². The zero-order valence-corrected chi connectivity index (χ0v) is 14.6. The van der Waals surface area contributed by atoms with E-state index in [1.54, 1.807) is 13.1 Å². The number of carbonyl (C=O) groups is 2. The number of methoxy groups -OCH3 is 2. The lowest BCUT2D eigenvalue weighted by molar-refractivity contribution is -0.117. The molecule has 1 aliphatic heterocycles. The van der Waals surface area contributed by atoms with E-state index >= 15 is 0 Å². The highest BCUT2D eigenvalue weighted by molar-refractivity contribution is 6.35. The monoisotopic (exact) mass is 351 g/mol. The van der Waals surface area contributed by atoms with Crippen LogP contribution in [0.25, 0.3) is 0 Å². The number of fused-ring (bicyclic) bond motifs is 1. The summed E-state index contributed by atoms with van der Waals surface area (Å²) in [6.45, 7) is 1.81. The summed E-state index contributed by atoms with van der Waals surface area (Å²) in [5, 5.41) is 3.13. The molecule has 128 valence electrons. The quantitative estimate of drug-likeness (QED) is 0.901. The Morgan fingerprint density at radius 3 is 2.54 bits per heavy atom. The summed E-state index contributed by atoms with van der Waals surface area (Å²) in [6.07, 6.45) is 1.63. The first kappa shape index (κ1) is 16.6. The molecule has 24 heavy (non-hydrogen) atoms. The Kier molecular flexibility index (Phi) is 3.95. The molecule has 2 aliphatic rings. The number of hydrogen-bond acceptors (Lipinski definition) is 6. The Balaban J connectivity index is 2.26. The maximum Gasteiger partial charge on any atom is 0.220 e. The highest BCUT2D eigenvalue weighted by Crippen LogP contribution is 2.53. The molecule has 6 nitrogen and oxygen atoms in total. The van der Waals surface area contributed by atoms with E-state index in [0.29, 0.717) is 17.2 Å². The van der Waals surface area contributed by atoms with Crippen molar-refractivity contribution in [2.45, 2.75) is 18.9 Å². The smallest absolute Gasteiger partial charge is 0.220 e. The first-order chi connectivity index (χ1) is 11.4. The maximum atomic E-state index is 13.3. The lowest BCUT2D eigenvalue weighted by atomic mass is 9.74. The van der Waals surface area contributed by atoms with Crippen LogP contribution in [0, 0.1) is 5.92 Å². The molecule has 7 heteroatoms. The van der Waals surface area contributed by atoms with Gasteiger partial charge < -0.3 is 19.5 Å². The molecule has 0 unspecified atom stereocenters. The molecule has 0 radical (unpaired) electrons. The summed E-state index contributed by atoms with van der Waals surface area (Å²) >= 11 is 6.35. The van der Waals surface area contributed by atoms with E-state index in [4.69, 9.17) is 25.8 Å². The highest BCUT2D eigenvalue weighted by atomic mass is 35.5. The number of halogens is 1. The standard InChI is InChI=1S/C17H18ClNO5/c1-8-5-9(20)6-12(19-2)17(8)16(21)13-10(22-3)7-11(23-4)14(18)15(13)24-17/h6-8,19H,5H2,1-4H3/t8-,17+/m1/s1. The molecule has 0 amide bonds. The topological polar surface area (TPSA) is 73.9 Å². The van der Waals surface area contributed by atoms with Gasteiger partial charge >= 0.3 is 0 Å². The highest BCUT2D eigenvalue weighted by Gasteiger charge is 2.58. The normalized spacial score (nSPS) is 25.2. The van der Waals surface area contributed by atoms with Gasteiger partial charge in [0, 0.05) is 31.5 Å². The number of hydrogen-bond donors (Lipinski definition) is 1. The van der Waals surface area contributed by atoms with Crippen molar-refractivity contribution in [2.75, 3.05) is 21.3 Å². The van der Waals surface area contributed by atoms with Crippen LogP contribution in [0.5, 0.6) is 17.2 Å². The van der Waals surface area contributed by atoms with E-state index in [2.05, 4.69) is 5.32 Å². The zero-order valence-electron chi connectivity index (χ0n) is 13.9. The third kappa shape index (κ3) is 2.02. The van der Waals surface area contributed by atoms with Gasteiger partial charge in [-0.3, -0.25) is 9.59 Å². The van der Waals surface area contributed by atoms with Crippen molar-refractivity contribution in [3.8, 4) is 17.2 Å². The van der Waals surface area contributed by atoms with E-state index in [1.807, 2.05) is 6.92 Å². The predicted octanol–water partition coefficient (Wildman–Crippen LogP) is 2.38. The average Bonchev–Trinajstić information content (AvgIpc) is 2.87. The number of Topliss-reactive ketones (excluding diaryl/α,β-unsaturated/α-hetero) is 1. The van der Waals surface area contributed by atoms with Crippen LogP contribution in [0.4, 0.5) is 0 Å². The fraction of sp³-hybridized carbons (Fsp3) is 0.412. The van der Waals surface area contributed by atoms with Crippen molar-refractivity contribution >= 4 is 23.2 Å². The second-order valence-corrected chi connectivity index (χ2v) is 6.22. The fourth-order valence-electron chi connectivity index (χ4n) is 3.40. The minimum atomic E-state index is -1.31. The number of ketones is 2. The molecule has 0 aromatic heterocycles. The van der Waals surface area contributed by atoms with E-state index in [9.17, 15) is 9.59 Å². The van der Waals surface area contributed by atoms with E-state index in [1.165, 1.54) is 20.3 Å². The second kappa shape index (κ2) is 5.70. The molecular formula is C17H18ClNO5. The molecule has 0 bridgehead atoms. The molecule has 1 N–H and O–H groups in total.